The molecule has 146 valence electrons. The molecule has 1 heterocycles. The van der Waals surface area contributed by atoms with Gasteiger partial charge in [-0.1, -0.05) is 6.92 Å². The fourth-order valence-electron chi connectivity index (χ4n) is 3.29. The molecule has 0 spiro atoms. The van der Waals surface area contributed by atoms with Crippen LogP contribution in [0.4, 0.5) is 20.6 Å². The van der Waals surface area contributed by atoms with Gasteiger partial charge < -0.3 is 20.4 Å². The van der Waals surface area contributed by atoms with E-state index in [1.165, 1.54) is 12.5 Å². The minimum atomic E-state index is -0.331. The monoisotopic (exact) mass is 364 g/mol. The molecule has 0 aliphatic carbocycles. The van der Waals surface area contributed by atoms with E-state index >= 15 is 0 Å². The number of nitrogens with zero attached hydrogens (tertiary/aromatic N) is 2. The Morgan fingerprint density at radius 2 is 2.04 bits per heavy atom. The lowest BCUT2D eigenvalue weighted by atomic mass is 9.97. The van der Waals surface area contributed by atoms with Crippen LogP contribution in [0.5, 0.6) is 0 Å². The van der Waals surface area contributed by atoms with E-state index in [1.807, 2.05) is 25.8 Å². The SMILES string of the molecule is CCCN1CCC(CNC(=O)Nc2ccc(N(C)C(C)C)c(F)c2)CC1. The van der Waals surface area contributed by atoms with E-state index in [-0.39, 0.29) is 17.9 Å². The molecule has 0 atom stereocenters. The minimum Gasteiger partial charge on any atom is -0.370 e. The summed E-state index contributed by atoms with van der Waals surface area (Å²) in [6, 6.07) is 4.74. The van der Waals surface area contributed by atoms with Crippen molar-refractivity contribution in [1.29, 1.82) is 0 Å². The van der Waals surface area contributed by atoms with Crippen LogP contribution in [0.1, 0.15) is 40.0 Å². The van der Waals surface area contributed by atoms with Crippen LogP contribution in [-0.2, 0) is 0 Å². The zero-order valence-corrected chi connectivity index (χ0v) is 16.5. The summed E-state index contributed by atoms with van der Waals surface area (Å²) >= 11 is 0. The van der Waals surface area contributed by atoms with E-state index in [9.17, 15) is 9.18 Å². The van der Waals surface area contributed by atoms with Crippen molar-refractivity contribution in [2.75, 3.05) is 43.4 Å². The molecule has 0 radical (unpaired) electrons. The Hall–Kier alpha value is -1.82. The number of carbonyl (C=O) groups excluding carboxylic acids is 1. The summed E-state index contributed by atoms with van der Waals surface area (Å²) in [5.41, 5.74) is 1.00. The van der Waals surface area contributed by atoms with Crippen LogP contribution in [0.15, 0.2) is 18.2 Å². The zero-order valence-electron chi connectivity index (χ0n) is 16.5. The van der Waals surface area contributed by atoms with E-state index in [2.05, 4.69) is 22.5 Å². The Labute approximate surface area is 156 Å². The predicted octanol–water partition coefficient (Wildman–Crippen LogP) is 3.91. The highest BCUT2D eigenvalue weighted by Crippen LogP contribution is 2.23. The molecule has 2 rings (SSSR count). The Morgan fingerprint density at radius 3 is 2.62 bits per heavy atom. The summed E-state index contributed by atoms with van der Waals surface area (Å²) in [6.07, 6.45) is 3.42. The van der Waals surface area contributed by atoms with Gasteiger partial charge in [-0.3, -0.25) is 0 Å². The van der Waals surface area contributed by atoms with E-state index in [4.69, 9.17) is 0 Å². The van der Waals surface area contributed by atoms with Gasteiger partial charge in [-0.25, -0.2) is 9.18 Å². The van der Waals surface area contributed by atoms with Gasteiger partial charge in [0.15, 0.2) is 0 Å². The molecule has 1 fully saturated rings. The molecule has 0 bridgehead atoms. The van der Waals surface area contributed by atoms with Gasteiger partial charge in [-0.2, -0.15) is 0 Å². The average molecular weight is 365 g/mol. The number of benzene rings is 1. The van der Waals surface area contributed by atoms with Gasteiger partial charge in [0, 0.05) is 25.3 Å². The first-order chi connectivity index (χ1) is 12.4. The topological polar surface area (TPSA) is 47.6 Å². The van der Waals surface area contributed by atoms with E-state index in [1.54, 1.807) is 12.1 Å². The second-order valence-corrected chi connectivity index (χ2v) is 7.49. The molecule has 0 unspecified atom stereocenters. The Bertz CT molecular complexity index is 585. The molecular weight excluding hydrogens is 331 g/mol. The number of amides is 2. The smallest absolute Gasteiger partial charge is 0.319 e. The lowest BCUT2D eigenvalue weighted by Gasteiger charge is -2.31. The van der Waals surface area contributed by atoms with Crippen LogP contribution in [0.3, 0.4) is 0 Å². The standard InChI is InChI=1S/C20H33FN4O/c1-5-10-25-11-8-16(9-12-25)14-22-20(26)23-17-6-7-19(18(21)13-17)24(4)15(2)3/h6-7,13,15-16H,5,8-12,14H2,1-4H3,(H2,22,23,26). The van der Waals surface area contributed by atoms with Gasteiger partial charge in [0.1, 0.15) is 5.82 Å². The minimum absolute atomic E-state index is 0.204. The highest BCUT2D eigenvalue weighted by Gasteiger charge is 2.19. The summed E-state index contributed by atoms with van der Waals surface area (Å²) in [5, 5.41) is 5.65. The molecule has 1 saturated heterocycles. The predicted molar refractivity (Wildman–Crippen MR) is 106 cm³/mol. The van der Waals surface area contributed by atoms with E-state index in [0.29, 0.717) is 23.8 Å². The lowest BCUT2D eigenvalue weighted by Crippen LogP contribution is -2.40. The van der Waals surface area contributed by atoms with Crippen molar-refractivity contribution in [3.63, 3.8) is 0 Å². The number of urea groups is 1. The molecule has 2 amide bonds. The van der Waals surface area contributed by atoms with Gasteiger partial charge in [0.25, 0.3) is 0 Å². The van der Waals surface area contributed by atoms with Crippen molar-refractivity contribution in [3.8, 4) is 0 Å². The van der Waals surface area contributed by atoms with Crippen molar-refractivity contribution in [1.82, 2.24) is 10.2 Å². The maximum atomic E-state index is 14.3. The van der Waals surface area contributed by atoms with Gasteiger partial charge >= 0.3 is 6.03 Å². The number of piperidine rings is 1. The maximum absolute atomic E-state index is 14.3. The Balaban J connectivity index is 1.78. The fourth-order valence-corrected chi connectivity index (χ4v) is 3.29. The first kappa shape index (κ1) is 20.5. The van der Waals surface area contributed by atoms with Crippen LogP contribution in [0.25, 0.3) is 0 Å². The quantitative estimate of drug-likeness (QED) is 0.771. The molecule has 0 aromatic heterocycles. The summed E-state index contributed by atoms with van der Waals surface area (Å²) in [5.74, 6) is 0.190. The highest BCUT2D eigenvalue weighted by molar-refractivity contribution is 5.89. The molecule has 0 saturated carbocycles. The van der Waals surface area contributed by atoms with Crippen molar-refractivity contribution < 1.29 is 9.18 Å². The van der Waals surface area contributed by atoms with E-state index in [0.717, 1.165) is 32.5 Å². The number of hydrogen-bond donors (Lipinski definition) is 2. The lowest BCUT2D eigenvalue weighted by molar-refractivity contribution is 0.182. The summed E-state index contributed by atoms with van der Waals surface area (Å²) in [7, 11) is 1.86. The van der Waals surface area contributed by atoms with Crippen LogP contribution < -0.4 is 15.5 Å². The van der Waals surface area contributed by atoms with Gasteiger partial charge in [0.2, 0.25) is 0 Å². The highest BCUT2D eigenvalue weighted by atomic mass is 19.1. The van der Waals surface area contributed by atoms with E-state index < -0.39 is 0 Å². The molecule has 1 aliphatic rings. The third-order valence-electron chi connectivity index (χ3n) is 5.16. The Kier molecular flexibility index (Phi) is 7.69. The number of nitrogens with one attached hydrogen (secondary N) is 2. The molecule has 26 heavy (non-hydrogen) atoms. The first-order valence-corrected chi connectivity index (χ1v) is 9.70. The van der Waals surface area contributed by atoms with Crippen LogP contribution in [0.2, 0.25) is 0 Å². The van der Waals surface area contributed by atoms with Crippen LogP contribution >= 0.6 is 0 Å². The molecule has 1 aliphatic heterocycles. The second kappa shape index (κ2) is 9.76. The van der Waals surface area contributed by atoms with Crippen molar-refractivity contribution >= 4 is 17.4 Å². The molecule has 5 nitrogen and oxygen atoms in total. The number of carbonyl (C=O) groups is 1. The third kappa shape index (κ3) is 5.87. The second-order valence-electron chi connectivity index (χ2n) is 7.49. The molecule has 1 aromatic rings. The molecule has 6 heteroatoms. The zero-order chi connectivity index (χ0) is 19.1. The van der Waals surface area contributed by atoms with Gasteiger partial charge in [-0.15, -0.1) is 0 Å². The van der Waals surface area contributed by atoms with Gasteiger partial charge in [-0.05, 0) is 76.9 Å². The normalized spacial score (nSPS) is 15.9. The average Bonchev–Trinajstić information content (AvgIpc) is 2.61. The maximum Gasteiger partial charge on any atom is 0.319 e. The van der Waals surface area contributed by atoms with Gasteiger partial charge in [0.05, 0.1) is 5.69 Å². The largest absolute Gasteiger partial charge is 0.370 e. The number of anilines is 2. The molecular formula is C20H33FN4O. The van der Waals surface area contributed by atoms with Crippen LogP contribution in [-0.4, -0.2) is 50.2 Å². The first-order valence-electron chi connectivity index (χ1n) is 9.70. The van der Waals surface area contributed by atoms with Crippen molar-refractivity contribution in [2.45, 2.75) is 46.1 Å². The number of halogens is 1. The number of likely N-dealkylation sites (tertiary alicyclic amines) is 1. The summed E-state index contributed by atoms with van der Waals surface area (Å²) in [4.78, 5) is 16.4. The third-order valence-corrected chi connectivity index (χ3v) is 5.16. The summed E-state index contributed by atoms with van der Waals surface area (Å²) < 4.78 is 14.3. The Morgan fingerprint density at radius 1 is 1.35 bits per heavy atom. The summed E-state index contributed by atoms with van der Waals surface area (Å²) in [6.45, 7) is 10.3. The molecule has 1 aromatic carbocycles. The van der Waals surface area contributed by atoms with Crippen molar-refractivity contribution in [3.05, 3.63) is 24.0 Å². The fraction of sp³-hybridized carbons (Fsp3) is 0.650. The van der Waals surface area contributed by atoms with Crippen molar-refractivity contribution in [2.24, 2.45) is 5.92 Å². The number of rotatable bonds is 7. The molecule has 2 N–H and O–H groups in total. The van der Waals surface area contributed by atoms with Crippen LogP contribution in [0, 0.1) is 11.7 Å². The number of hydrogen-bond acceptors (Lipinski definition) is 3.